The Morgan fingerprint density at radius 2 is 1.96 bits per heavy atom. The number of halogens is 1. The van der Waals surface area contributed by atoms with Crippen LogP contribution in [0, 0.1) is 0 Å². The summed E-state index contributed by atoms with van der Waals surface area (Å²) in [5.74, 6) is 0.121. The van der Waals surface area contributed by atoms with Crippen molar-refractivity contribution < 1.29 is 4.79 Å². The first kappa shape index (κ1) is 16.3. The molecule has 3 rings (SSSR count). The van der Waals surface area contributed by atoms with Crippen molar-refractivity contribution >= 4 is 21.8 Å². The van der Waals surface area contributed by atoms with Crippen LogP contribution in [0.25, 0.3) is 11.3 Å². The summed E-state index contributed by atoms with van der Waals surface area (Å²) in [5.41, 5.74) is 2.92. The monoisotopic (exact) mass is 375 g/mol. The molecule has 1 unspecified atom stereocenters. The highest BCUT2D eigenvalue weighted by Crippen LogP contribution is 2.24. The predicted molar refractivity (Wildman–Crippen MR) is 96.5 cm³/mol. The van der Waals surface area contributed by atoms with Crippen LogP contribution in [0.5, 0.6) is 0 Å². The van der Waals surface area contributed by atoms with Crippen molar-refractivity contribution in [1.82, 2.24) is 14.8 Å². The summed E-state index contributed by atoms with van der Waals surface area (Å²) < 4.78 is 3.05. The number of nitrogens with one attached hydrogen (secondary N) is 1. The van der Waals surface area contributed by atoms with Crippen LogP contribution in [0.3, 0.4) is 0 Å². The normalized spacial score (nSPS) is 18.2. The van der Waals surface area contributed by atoms with Gasteiger partial charge < -0.3 is 14.8 Å². The third-order valence-electron chi connectivity index (χ3n) is 4.60. The largest absolute Gasteiger partial charge is 0.340 e. The molecular formula is C18H22BrN3O. The minimum Gasteiger partial charge on any atom is -0.340 e. The van der Waals surface area contributed by atoms with E-state index in [1.165, 1.54) is 0 Å². The maximum Gasteiger partial charge on any atom is 0.270 e. The van der Waals surface area contributed by atoms with Gasteiger partial charge in [-0.25, -0.2) is 0 Å². The lowest BCUT2D eigenvalue weighted by Crippen LogP contribution is -2.47. The highest BCUT2D eigenvalue weighted by molar-refractivity contribution is 9.10. The Morgan fingerprint density at radius 3 is 2.65 bits per heavy atom. The van der Waals surface area contributed by atoms with E-state index in [0.717, 1.165) is 47.4 Å². The zero-order chi connectivity index (χ0) is 16.4. The molecule has 1 atom stereocenters. The molecule has 0 bridgehead atoms. The van der Waals surface area contributed by atoms with E-state index >= 15 is 0 Å². The molecule has 4 nitrogen and oxygen atoms in total. The molecule has 2 aromatic rings. The number of benzene rings is 1. The summed E-state index contributed by atoms with van der Waals surface area (Å²) in [5, 5.41) is 3.29. The van der Waals surface area contributed by atoms with Gasteiger partial charge >= 0.3 is 0 Å². The Labute approximate surface area is 145 Å². The molecule has 0 radical (unpaired) electrons. The molecule has 23 heavy (non-hydrogen) atoms. The molecule has 1 N–H and O–H groups in total. The molecule has 1 aliphatic heterocycles. The number of likely N-dealkylation sites (N-methyl/N-ethyl adjacent to an activating group) is 1. The van der Waals surface area contributed by atoms with Crippen LogP contribution in [-0.4, -0.2) is 41.6 Å². The Bertz CT molecular complexity index is 693. The van der Waals surface area contributed by atoms with Crippen molar-refractivity contribution in [2.45, 2.75) is 18.9 Å². The molecule has 2 heterocycles. The summed E-state index contributed by atoms with van der Waals surface area (Å²) >= 11 is 3.46. The van der Waals surface area contributed by atoms with Crippen LogP contribution in [0.1, 0.15) is 23.3 Å². The topological polar surface area (TPSA) is 37.3 Å². The molecule has 1 amide bonds. The average molecular weight is 376 g/mol. The lowest BCUT2D eigenvalue weighted by molar-refractivity contribution is 0.0688. The number of nitrogens with zero attached hydrogens (tertiary/aromatic N) is 2. The highest BCUT2D eigenvalue weighted by Gasteiger charge is 2.25. The van der Waals surface area contributed by atoms with Crippen molar-refractivity contribution in [2.24, 2.45) is 7.05 Å². The van der Waals surface area contributed by atoms with Gasteiger partial charge in [0.15, 0.2) is 0 Å². The van der Waals surface area contributed by atoms with Crippen molar-refractivity contribution in [3.8, 4) is 11.3 Å². The van der Waals surface area contributed by atoms with E-state index in [0.29, 0.717) is 6.04 Å². The molecule has 0 aliphatic carbocycles. The molecule has 1 aromatic carbocycles. The van der Waals surface area contributed by atoms with E-state index in [2.05, 4.69) is 33.4 Å². The molecule has 5 heteroatoms. The van der Waals surface area contributed by atoms with Crippen molar-refractivity contribution in [2.75, 3.05) is 20.1 Å². The van der Waals surface area contributed by atoms with E-state index < -0.39 is 0 Å². The summed E-state index contributed by atoms with van der Waals surface area (Å²) in [6.07, 6.45) is 2.19. The van der Waals surface area contributed by atoms with Gasteiger partial charge in [-0.1, -0.05) is 28.1 Å². The van der Waals surface area contributed by atoms with Gasteiger partial charge in [-0.05, 0) is 49.7 Å². The quantitative estimate of drug-likeness (QED) is 0.893. The third kappa shape index (κ3) is 3.35. The van der Waals surface area contributed by atoms with E-state index in [-0.39, 0.29) is 5.91 Å². The van der Waals surface area contributed by atoms with E-state index in [1.807, 2.05) is 47.8 Å². The average Bonchev–Trinajstić information content (AvgIpc) is 2.96. The van der Waals surface area contributed by atoms with Gasteiger partial charge in [0.1, 0.15) is 5.69 Å². The van der Waals surface area contributed by atoms with Crippen LogP contribution >= 0.6 is 15.9 Å². The number of piperidine rings is 1. The summed E-state index contributed by atoms with van der Waals surface area (Å²) in [6.45, 7) is 1.63. The molecule has 1 fully saturated rings. The second-order valence-corrected chi connectivity index (χ2v) is 6.96. The van der Waals surface area contributed by atoms with Crippen LogP contribution in [-0.2, 0) is 7.05 Å². The SMILES string of the molecule is CNC1CCCN(C(=O)c2ccc(-c3ccc(Br)cc3)n2C)C1. The van der Waals surface area contributed by atoms with Gasteiger partial charge in [-0.3, -0.25) is 4.79 Å². The van der Waals surface area contributed by atoms with Crippen LogP contribution in [0.4, 0.5) is 0 Å². The molecule has 122 valence electrons. The lowest BCUT2D eigenvalue weighted by atomic mass is 10.1. The molecule has 1 saturated heterocycles. The second-order valence-electron chi connectivity index (χ2n) is 6.05. The van der Waals surface area contributed by atoms with Crippen LogP contribution < -0.4 is 5.32 Å². The fraction of sp³-hybridized carbons (Fsp3) is 0.389. The van der Waals surface area contributed by atoms with Gasteiger partial charge in [-0.15, -0.1) is 0 Å². The second kappa shape index (κ2) is 6.89. The zero-order valence-electron chi connectivity index (χ0n) is 13.6. The van der Waals surface area contributed by atoms with Gasteiger partial charge in [-0.2, -0.15) is 0 Å². The molecular weight excluding hydrogens is 354 g/mol. The van der Waals surface area contributed by atoms with E-state index in [1.54, 1.807) is 0 Å². The minimum absolute atomic E-state index is 0.121. The maximum atomic E-state index is 12.9. The number of carbonyl (C=O) groups is 1. The number of amides is 1. The van der Waals surface area contributed by atoms with Crippen molar-refractivity contribution in [1.29, 1.82) is 0 Å². The number of carbonyl (C=O) groups excluding carboxylic acids is 1. The molecule has 1 aromatic heterocycles. The van der Waals surface area contributed by atoms with E-state index in [9.17, 15) is 4.79 Å². The molecule has 1 aliphatic rings. The van der Waals surface area contributed by atoms with Crippen molar-refractivity contribution in [3.05, 3.63) is 46.6 Å². The van der Waals surface area contributed by atoms with Gasteiger partial charge in [0, 0.05) is 36.3 Å². The number of aromatic nitrogens is 1. The van der Waals surface area contributed by atoms with Gasteiger partial charge in [0.2, 0.25) is 0 Å². The lowest BCUT2D eigenvalue weighted by Gasteiger charge is -2.32. The fourth-order valence-electron chi connectivity index (χ4n) is 3.20. The fourth-order valence-corrected chi connectivity index (χ4v) is 3.46. The standard InChI is InChI=1S/C18H22BrN3O/c1-20-15-4-3-11-22(12-15)18(23)17-10-9-16(21(17)2)13-5-7-14(19)8-6-13/h5-10,15,20H,3-4,11-12H2,1-2H3. The Morgan fingerprint density at radius 1 is 1.22 bits per heavy atom. The molecule has 0 saturated carbocycles. The number of likely N-dealkylation sites (tertiary alicyclic amines) is 1. The summed E-state index contributed by atoms with van der Waals surface area (Å²) in [4.78, 5) is 14.8. The van der Waals surface area contributed by atoms with Gasteiger partial charge in [0.25, 0.3) is 5.91 Å². The highest BCUT2D eigenvalue weighted by atomic mass is 79.9. The Kier molecular flexibility index (Phi) is 4.87. The predicted octanol–water partition coefficient (Wildman–Crippen LogP) is 3.28. The number of hydrogen-bond acceptors (Lipinski definition) is 2. The maximum absolute atomic E-state index is 12.9. The number of rotatable bonds is 3. The van der Waals surface area contributed by atoms with Crippen molar-refractivity contribution in [3.63, 3.8) is 0 Å². The van der Waals surface area contributed by atoms with Gasteiger partial charge in [0.05, 0.1) is 0 Å². The first-order valence-corrected chi connectivity index (χ1v) is 8.77. The summed E-state index contributed by atoms with van der Waals surface area (Å²) in [7, 11) is 3.93. The van der Waals surface area contributed by atoms with Crippen LogP contribution in [0.2, 0.25) is 0 Å². The Hall–Kier alpha value is -1.59. The first-order valence-electron chi connectivity index (χ1n) is 7.98. The number of hydrogen-bond donors (Lipinski definition) is 1. The van der Waals surface area contributed by atoms with E-state index in [4.69, 9.17) is 0 Å². The first-order chi connectivity index (χ1) is 11.1. The Balaban J connectivity index is 1.83. The minimum atomic E-state index is 0.121. The summed E-state index contributed by atoms with van der Waals surface area (Å²) in [6, 6.07) is 12.5. The third-order valence-corrected chi connectivity index (χ3v) is 5.13. The van der Waals surface area contributed by atoms with Crippen LogP contribution in [0.15, 0.2) is 40.9 Å². The smallest absolute Gasteiger partial charge is 0.270 e. The zero-order valence-corrected chi connectivity index (χ0v) is 15.1. The molecule has 0 spiro atoms.